The molecule has 1 amide bonds. The van der Waals surface area contributed by atoms with Gasteiger partial charge in [0.25, 0.3) is 0 Å². The molecule has 0 aliphatic rings. The van der Waals surface area contributed by atoms with Crippen molar-refractivity contribution in [3.63, 3.8) is 0 Å². The van der Waals surface area contributed by atoms with Crippen LogP contribution in [0.15, 0.2) is 30.3 Å². The average Bonchev–Trinajstić information content (AvgIpc) is 2.51. The Kier molecular flexibility index (Phi) is 10.2. The molecule has 0 aromatic heterocycles. The van der Waals surface area contributed by atoms with Gasteiger partial charge in [0.2, 0.25) is 0 Å². The number of carbonyl (C=O) groups excluding carboxylic acids is 1. The van der Waals surface area contributed by atoms with Gasteiger partial charge in [0, 0.05) is 6.54 Å². The van der Waals surface area contributed by atoms with Gasteiger partial charge < -0.3 is 10.1 Å². The van der Waals surface area contributed by atoms with E-state index in [1.807, 2.05) is 6.07 Å². The average molecular weight is 291 g/mol. The van der Waals surface area contributed by atoms with Crippen molar-refractivity contribution < 1.29 is 9.53 Å². The van der Waals surface area contributed by atoms with Gasteiger partial charge >= 0.3 is 6.09 Å². The smallest absolute Gasteiger partial charge is 0.407 e. The van der Waals surface area contributed by atoms with Crippen LogP contribution in [-0.4, -0.2) is 19.2 Å². The SMILES string of the molecule is CCCCCNC(=O)OCCCCCCc1ccccc1. The second-order valence-electron chi connectivity index (χ2n) is 5.42. The van der Waals surface area contributed by atoms with Crippen LogP contribution in [0.4, 0.5) is 4.79 Å². The van der Waals surface area contributed by atoms with Crippen LogP contribution in [0.25, 0.3) is 0 Å². The fourth-order valence-electron chi connectivity index (χ4n) is 2.21. The van der Waals surface area contributed by atoms with Gasteiger partial charge in [-0.2, -0.15) is 0 Å². The molecule has 0 unspecified atom stereocenters. The molecular formula is C18H29NO2. The highest BCUT2D eigenvalue weighted by molar-refractivity contribution is 5.66. The number of benzene rings is 1. The topological polar surface area (TPSA) is 38.3 Å². The minimum absolute atomic E-state index is 0.268. The Morgan fingerprint density at radius 2 is 1.76 bits per heavy atom. The zero-order valence-corrected chi connectivity index (χ0v) is 13.3. The monoisotopic (exact) mass is 291 g/mol. The van der Waals surface area contributed by atoms with E-state index in [0.717, 1.165) is 38.6 Å². The van der Waals surface area contributed by atoms with E-state index in [0.29, 0.717) is 6.61 Å². The highest BCUT2D eigenvalue weighted by Gasteiger charge is 2.00. The quantitative estimate of drug-likeness (QED) is 0.600. The Balaban J connectivity index is 1.87. The molecule has 0 saturated carbocycles. The summed E-state index contributed by atoms with van der Waals surface area (Å²) in [7, 11) is 0. The minimum atomic E-state index is -0.268. The Bertz CT molecular complexity index is 365. The first-order chi connectivity index (χ1) is 10.3. The molecule has 0 heterocycles. The molecule has 1 aromatic carbocycles. The molecule has 0 atom stereocenters. The molecular weight excluding hydrogens is 262 g/mol. The van der Waals surface area contributed by atoms with Crippen LogP contribution < -0.4 is 5.32 Å². The van der Waals surface area contributed by atoms with Crippen LogP contribution in [-0.2, 0) is 11.2 Å². The van der Waals surface area contributed by atoms with E-state index < -0.39 is 0 Å². The van der Waals surface area contributed by atoms with Gasteiger partial charge in [-0.15, -0.1) is 0 Å². The lowest BCUT2D eigenvalue weighted by Gasteiger charge is -2.06. The van der Waals surface area contributed by atoms with Gasteiger partial charge in [-0.3, -0.25) is 0 Å². The third-order valence-electron chi connectivity index (χ3n) is 3.49. The zero-order chi connectivity index (χ0) is 15.2. The van der Waals surface area contributed by atoms with Crippen molar-refractivity contribution in [3.05, 3.63) is 35.9 Å². The van der Waals surface area contributed by atoms with Crippen molar-refractivity contribution in [1.82, 2.24) is 5.32 Å². The first-order valence-corrected chi connectivity index (χ1v) is 8.27. The number of ether oxygens (including phenoxy) is 1. The van der Waals surface area contributed by atoms with Crippen LogP contribution in [0.2, 0.25) is 0 Å². The summed E-state index contributed by atoms with van der Waals surface area (Å²) in [6.45, 7) is 3.41. The van der Waals surface area contributed by atoms with E-state index in [9.17, 15) is 4.79 Å². The number of carbonyl (C=O) groups is 1. The van der Waals surface area contributed by atoms with E-state index in [4.69, 9.17) is 4.74 Å². The molecule has 0 radical (unpaired) electrons. The first-order valence-electron chi connectivity index (χ1n) is 8.27. The molecule has 0 bridgehead atoms. The van der Waals surface area contributed by atoms with Crippen LogP contribution in [0, 0.1) is 0 Å². The number of amides is 1. The van der Waals surface area contributed by atoms with Crippen LogP contribution in [0.3, 0.4) is 0 Å². The first kappa shape index (κ1) is 17.5. The number of aryl methyl sites for hydroxylation is 1. The van der Waals surface area contributed by atoms with E-state index in [1.165, 1.54) is 24.8 Å². The normalized spacial score (nSPS) is 10.3. The minimum Gasteiger partial charge on any atom is -0.450 e. The molecule has 1 aromatic rings. The fourth-order valence-corrected chi connectivity index (χ4v) is 2.21. The van der Waals surface area contributed by atoms with Crippen molar-refractivity contribution in [1.29, 1.82) is 0 Å². The molecule has 0 spiro atoms. The van der Waals surface area contributed by atoms with Crippen LogP contribution in [0.1, 0.15) is 57.4 Å². The second kappa shape index (κ2) is 12.2. The van der Waals surface area contributed by atoms with Crippen LogP contribution >= 0.6 is 0 Å². The summed E-state index contributed by atoms with van der Waals surface area (Å²) in [6, 6.07) is 10.6. The number of hydrogen-bond donors (Lipinski definition) is 1. The fraction of sp³-hybridized carbons (Fsp3) is 0.611. The molecule has 3 heteroatoms. The number of nitrogens with one attached hydrogen (secondary N) is 1. The third-order valence-corrected chi connectivity index (χ3v) is 3.49. The van der Waals surface area contributed by atoms with E-state index in [2.05, 4.69) is 36.5 Å². The summed E-state index contributed by atoms with van der Waals surface area (Å²) in [5.41, 5.74) is 1.40. The molecule has 21 heavy (non-hydrogen) atoms. The van der Waals surface area contributed by atoms with Gasteiger partial charge in [-0.1, -0.05) is 62.9 Å². The number of rotatable bonds is 11. The van der Waals surface area contributed by atoms with Crippen molar-refractivity contribution in [2.45, 2.75) is 58.3 Å². The summed E-state index contributed by atoms with van der Waals surface area (Å²) in [5.74, 6) is 0. The van der Waals surface area contributed by atoms with Gasteiger partial charge in [0.1, 0.15) is 0 Å². The maximum atomic E-state index is 11.3. The van der Waals surface area contributed by atoms with E-state index in [1.54, 1.807) is 0 Å². The standard InChI is InChI=1S/C18H29NO2/c1-2-3-10-15-19-18(20)21-16-11-5-4-7-12-17-13-8-6-9-14-17/h6,8-9,13-14H,2-5,7,10-12,15-16H2,1H3,(H,19,20). The van der Waals surface area contributed by atoms with Crippen molar-refractivity contribution in [2.24, 2.45) is 0 Å². The van der Waals surface area contributed by atoms with Crippen molar-refractivity contribution >= 4 is 6.09 Å². The molecule has 0 aliphatic carbocycles. The Morgan fingerprint density at radius 3 is 2.52 bits per heavy atom. The lowest BCUT2D eigenvalue weighted by atomic mass is 10.1. The number of hydrogen-bond acceptors (Lipinski definition) is 2. The molecule has 3 nitrogen and oxygen atoms in total. The molecule has 118 valence electrons. The Labute approximate surface area is 129 Å². The predicted molar refractivity (Wildman–Crippen MR) is 87.5 cm³/mol. The summed E-state index contributed by atoms with van der Waals surface area (Å²) >= 11 is 0. The van der Waals surface area contributed by atoms with Crippen LogP contribution in [0.5, 0.6) is 0 Å². The molecule has 0 fully saturated rings. The lowest BCUT2D eigenvalue weighted by molar-refractivity contribution is 0.143. The zero-order valence-electron chi connectivity index (χ0n) is 13.3. The highest BCUT2D eigenvalue weighted by Crippen LogP contribution is 2.07. The van der Waals surface area contributed by atoms with Gasteiger partial charge in [0.05, 0.1) is 6.61 Å². The van der Waals surface area contributed by atoms with Crippen molar-refractivity contribution in [2.75, 3.05) is 13.2 Å². The summed E-state index contributed by atoms with van der Waals surface area (Å²) in [6.07, 6.45) is 8.69. The van der Waals surface area contributed by atoms with E-state index in [-0.39, 0.29) is 6.09 Å². The maximum Gasteiger partial charge on any atom is 0.407 e. The Morgan fingerprint density at radius 1 is 1.00 bits per heavy atom. The van der Waals surface area contributed by atoms with Gasteiger partial charge in [-0.25, -0.2) is 4.79 Å². The molecule has 0 saturated heterocycles. The number of unbranched alkanes of at least 4 members (excludes halogenated alkanes) is 5. The maximum absolute atomic E-state index is 11.3. The summed E-state index contributed by atoms with van der Waals surface area (Å²) in [5, 5.41) is 2.78. The Hall–Kier alpha value is -1.51. The summed E-state index contributed by atoms with van der Waals surface area (Å²) < 4.78 is 5.14. The number of alkyl carbamates (subject to hydrolysis) is 1. The van der Waals surface area contributed by atoms with Gasteiger partial charge in [0.15, 0.2) is 0 Å². The van der Waals surface area contributed by atoms with Crippen molar-refractivity contribution in [3.8, 4) is 0 Å². The third kappa shape index (κ3) is 9.94. The predicted octanol–water partition coefficient (Wildman–Crippen LogP) is 4.71. The lowest BCUT2D eigenvalue weighted by Crippen LogP contribution is -2.25. The molecule has 1 rings (SSSR count). The highest BCUT2D eigenvalue weighted by atomic mass is 16.5. The summed E-state index contributed by atoms with van der Waals surface area (Å²) in [4.78, 5) is 11.3. The molecule has 1 N–H and O–H groups in total. The van der Waals surface area contributed by atoms with Gasteiger partial charge in [-0.05, 0) is 31.2 Å². The second-order valence-corrected chi connectivity index (χ2v) is 5.42. The molecule has 0 aliphatic heterocycles. The largest absolute Gasteiger partial charge is 0.450 e. The van der Waals surface area contributed by atoms with E-state index >= 15 is 0 Å².